The minimum atomic E-state index is -0.212. The van der Waals surface area contributed by atoms with Crippen LogP contribution in [-0.2, 0) is 4.79 Å². The van der Waals surface area contributed by atoms with Crippen molar-refractivity contribution in [2.24, 2.45) is 5.92 Å². The van der Waals surface area contributed by atoms with Crippen LogP contribution >= 0.6 is 0 Å². The molecule has 0 aromatic carbocycles. The summed E-state index contributed by atoms with van der Waals surface area (Å²) in [5.74, 6) is 0.288. The molecule has 2 rings (SSSR count). The first-order valence-electron chi connectivity index (χ1n) is 4.69. The van der Waals surface area contributed by atoms with Gasteiger partial charge in [0.15, 0.2) is 0 Å². The van der Waals surface area contributed by atoms with Crippen LogP contribution < -0.4 is 5.32 Å². The fraction of sp³-hybridized carbons (Fsp3) is 0.778. The zero-order valence-electron chi connectivity index (χ0n) is 7.96. The van der Waals surface area contributed by atoms with Crippen molar-refractivity contribution in [2.75, 3.05) is 6.54 Å². The molecule has 72 valence electrons. The van der Waals surface area contributed by atoms with Gasteiger partial charge in [0.1, 0.15) is 0 Å². The van der Waals surface area contributed by atoms with Gasteiger partial charge in [0, 0.05) is 0 Å². The van der Waals surface area contributed by atoms with Crippen molar-refractivity contribution in [2.45, 2.75) is 32.2 Å². The van der Waals surface area contributed by atoms with E-state index >= 15 is 0 Å². The lowest BCUT2D eigenvalue weighted by atomic mass is 10.0. The van der Waals surface area contributed by atoms with Crippen LogP contribution in [0.25, 0.3) is 0 Å². The Morgan fingerprint density at radius 2 is 2.00 bits per heavy atom. The number of carbonyl (C=O) groups excluding carboxylic acids is 2. The Labute approximate surface area is 77.3 Å². The number of urea groups is 1. The maximum absolute atomic E-state index is 11.4. The Morgan fingerprint density at radius 1 is 1.38 bits per heavy atom. The van der Waals surface area contributed by atoms with Crippen LogP contribution in [0, 0.1) is 5.92 Å². The summed E-state index contributed by atoms with van der Waals surface area (Å²) in [7, 11) is 0. The summed E-state index contributed by atoms with van der Waals surface area (Å²) in [5.41, 5.74) is -0.155. The second-order valence-electron chi connectivity index (χ2n) is 4.15. The predicted molar refractivity (Wildman–Crippen MR) is 47.0 cm³/mol. The van der Waals surface area contributed by atoms with Gasteiger partial charge < -0.3 is 5.32 Å². The highest BCUT2D eigenvalue weighted by Crippen LogP contribution is 2.48. The van der Waals surface area contributed by atoms with Gasteiger partial charge in [-0.1, -0.05) is 13.8 Å². The predicted octanol–water partition coefficient (Wildman–Crippen LogP) is 0.727. The minimum Gasteiger partial charge on any atom is -0.329 e. The molecule has 1 N–H and O–H groups in total. The molecule has 0 radical (unpaired) electrons. The van der Waals surface area contributed by atoms with E-state index in [1.54, 1.807) is 0 Å². The van der Waals surface area contributed by atoms with E-state index < -0.39 is 0 Å². The number of hydrogen-bond acceptors (Lipinski definition) is 2. The molecule has 1 saturated carbocycles. The molecule has 1 saturated heterocycles. The molecule has 0 aromatic heterocycles. The first-order valence-corrected chi connectivity index (χ1v) is 4.69. The number of nitrogens with one attached hydrogen (secondary N) is 1. The SMILES string of the molecule is CC(C)C1(N2C(=O)CNC2=O)CC1. The van der Waals surface area contributed by atoms with Crippen LogP contribution in [0.3, 0.4) is 0 Å². The van der Waals surface area contributed by atoms with Crippen LogP contribution in [0.4, 0.5) is 4.79 Å². The normalized spacial score (nSPS) is 25.3. The minimum absolute atomic E-state index is 0.0730. The lowest BCUT2D eigenvalue weighted by Crippen LogP contribution is -2.45. The number of imide groups is 1. The maximum atomic E-state index is 11.4. The number of carbonyl (C=O) groups is 2. The van der Waals surface area contributed by atoms with Crippen molar-refractivity contribution in [3.63, 3.8) is 0 Å². The molecule has 4 heteroatoms. The Morgan fingerprint density at radius 3 is 2.31 bits per heavy atom. The molecule has 0 spiro atoms. The van der Waals surface area contributed by atoms with E-state index in [1.807, 2.05) is 0 Å². The molecule has 0 bridgehead atoms. The molecule has 0 atom stereocenters. The molecule has 2 aliphatic rings. The van der Waals surface area contributed by atoms with Crippen molar-refractivity contribution < 1.29 is 9.59 Å². The van der Waals surface area contributed by atoms with Gasteiger partial charge in [-0.05, 0) is 18.8 Å². The van der Waals surface area contributed by atoms with Crippen LogP contribution in [0.5, 0.6) is 0 Å². The largest absolute Gasteiger partial charge is 0.329 e. The van der Waals surface area contributed by atoms with Crippen molar-refractivity contribution in [3.05, 3.63) is 0 Å². The summed E-state index contributed by atoms with van der Waals surface area (Å²) in [6, 6.07) is -0.212. The second kappa shape index (κ2) is 2.47. The van der Waals surface area contributed by atoms with Crippen LogP contribution in [0.2, 0.25) is 0 Å². The summed E-state index contributed by atoms with van der Waals surface area (Å²) >= 11 is 0. The van der Waals surface area contributed by atoms with Gasteiger partial charge in [-0.15, -0.1) is 0 Å². The summed E-state index contributed by atoms with van der Waals surface area (Å²) < 4.78 is 0. The quantitative estimate of drug-likeness (QED) is 0.640. The third-order valence-corrected chi connectivity index (χ3v) is 3.13. The van der Waals surface area contributed by atoms with Gasteiger partial charge in [-0.3, -0.25) is 9.69 Å². The average molecular weight is 182 g/mol. The van der Waals surface area contributed by atoms with Crippen LogP contribution in [0.1, 0.15) is 26.7 Å². The first-order chi connectivity index (χ1) is 6.08. The lowest BCUT2D eigenvalue weighted by Gasteiger charge is -2.28. The van der Waals surface area contributed by atoms with E-state index in [0.717, 1.165) is 12.8 Å². The molecule has 3 amide bonds. The standard InChI is InChI=1S/C9H14N2O2/c1-6(2)9(3-4-9)11-7(12)5-10-8(11)13/h6H,3-5H2,1-2H3,(H,10,13). The van der Waals surface area contributed by atoms with Crippen molar-refractivity contribution in [1.29, 1.82) is 0 Å². The third kappa shape index (κ3) is 1.04. The number of hydrogen-bond donors (Lipinski definition) is 1. The van der Waals surface area contributed by atoms with Gasteiger partial charge >= 0.3 is 6.03 Å². The topological polar surface area (TPSA) is 49.4 Å². The van der Waals surface area contributed by atoms with E-state index in [9.17, 15) is 9.59 Å². The van der Waals surface area contributed by atoms with Gasteiger partial charge in [0.05, 0.1) is 12.1 Å². The molecule has 13 heavy (non-hydrogen) atoms. The van der Waals surface area contributed by atoms with E-state index in [1.165, 1.54) is 4.90 Å². The highest BCUT2D eigenvalue weighted by atomic mass is 16.2. The smallest absolute Gasteiger partial charge is 0.325 e. The molecule has 0 unspecified atom stereocenters. The fourth-order valence-corrected chi connectivity index (χ4v) is 2.06. The van der Waals surface area contributed by atoms with Gasteiger partial charge in [0.2, 0.25) is 0 Å². The second-order valence-corrected chi connectivity index (χ2v) is 4.15. The molecule has 2 fully saturated rings. The molecule has 4 nitrogen and oxygen atoms in total. The van der Waals surface area contributed by atoms with Gasteiger partial charge in [-0.2, -0.15) is 0 Å². The van der Waals surface area contributed by atoms with Crippen molar-refractivity contribution in [1.82, 2.24) is 10.2 Å². The molecule has 0 aromatic rings. The fourth-order valence-electron chi connectivity index (χ4n) is 2.06. The van der Waals surface area contributed by atoms with E-state index in [4.69, 9.17) is 0 Å². The van der Waals surface area contributed by atoms with Crippen molar-refractivity contribution in [3.8, 4) is 0 Å². The van der Waals surface area contributed by atoms with E-state index in [0.29, 0.717) is 5.92 Å². The van der Waals surface area contributed by atoms with Crippen LogP contribution in [0.15, 0.2) is 0 Å². The average Bonchev–Trinajstić information content (AvgIpc) is 2.77. The molecular weight excluding hydrogens is 168 g/mol. The van der Waals surface area contributed by atoms with Crippen LogP contribution in [-0.4, -0.2) is 28.9 Å². The summed E-state index contributed by atoms with van der Waals surface area (Å²) in [6.45, 7) is 4.30. The Hall–Kier alpha value is -1.06. The third-order valence-electron chi connectivity index (χ3n) is 3.13. The Balaban J connectivity index is 2.24. The van der Waals surface area contributed by atoms with Gasteiger partial charge in [-0.25, -0.2) is 4.79 Å². The Bertz CT molecular complexity index is 253. The monoisotopic (exact) mass is 182 g/mol. The van der Waals surface area contributed by atoms with E-state index in [2.05, 4.69) is 19.2 Å². The maximum Gasteiger partial charge on any atom is 0.325 e. The first kappa shape index (κ1) is 8.53. The summed E-state index contributed by atoms with van der Waals surface area (Å²) in [5, 5.41) is 2.56. The van der Waals surface area contributed by atoms with E-state index in [-0.39, 0.29) is 24.0 Å². The molecule has 1 heterocycles. The lowest BCUT2D eigenvalue weighted by molar-refractivity contribution is -0.127. The number of amides is 3. The summed E-state index contributed by atoms with van der Waals surface area (Å²) in [6.07, 6.45) is 1.92. The summed E-state index contributed by atoms with van der Waals surface area (Å²) in [4.78, 5) is 24.2. The molecule has 1 aliphatic heterocycles. The molecule has 1 aliphatic carbocycles. The zero-order chi connectivity index (χ0) is 9.64. The molecular formula is C9H14N2O2. The number of nitrogens with zero attached hydrogens (tertiary/aromatic N) is 1. The highest BCUT2D eigenvalue weighted by molar-refractivity contribution is 6.03. The number of rotatable bonds is 2. The Kier molecular flexibility index (Phi) is 1.62. The highest BCUT2D eigenvalue weighted by Gasteiger charge is 2.56. The zero-order valence-corrected chi connectivity index (χ0v) is 7.96. The van der Waals surface area contributed by atoms with Gasteiger partial charge in [0.25, 0.3) is 5.91 Å². The van der Waals surface area contributed by atoms with Crippen molar-refractivity contribution >= 4 is 11.9 Å².